The number of benzene rings is 2. The first-order valence-corrected chi connectivity index (χ1v) is 7.78. The van der Waals surface area contributed by atoms with Crippen molar-refractivity contribution < 1.29 is 19.0 Å². The Hall–Kier alpha value is -3.20. The molecule has 0 heterocycles. The number of ether oxygens (including phenoxy) is 3. The van der Waals surface area contributed by atoms with Crippen molar-refractivity contribution in [3.05, 3.63) is 53.6 Å². The molecule has 0 aliphatic carbocycles. The van der Waals surface area contributed by atoms with E-state index in [-0.39, 0.29) is 0 Å². The number of esters is 1. The summed E-state index contributed by atoms with van der Waals surface area (Å²) in [5, 5.41) is 12.0. The second-order valence-corrected chi connectivity index (χ2v) is 5.13. The highest BCUT2D eigenvalue weighted by molar-refractivity contribution is 5.81. The predicted molar refractivity (Wildman–Crippen MR) is 93.7 cm³/mol. The lowest BCUT2D eigenvalue weighted by Crippen LogP contribution is -2.22. The van der Waals surface area contributed by atoms with E-state index in [1.54, 1.807) is 49.6 Å². The Morgan fingerprint density at radius 3 is 2.44 bits per heavy atom. The van der Waals surface area contributed by atoms with Gasteiger partial charge >= 0.3 is 5.97 Å². The highest BCUT2D eigenvalue weighted by Crippen LogP contribution is 2.32. The Kier molecular flexibility index (Phi) is 6.24. The van der Waals surface area contributed by atoms with Gasteiger partial charge in [0, 0.05) is 5.69 Å². The van der Waals surface area contributed by atoms with E-state index in [1.807, 2.05) is 6.92 Å². The van der Waals surface area contributed by atoms with Gasteiger partial charge in [0.2, 0.25) is 0 Å². The third-order valence-corrected chi connectivity index (χ3v) is 3.58. The van der Waals surface area contributed by atoms with Crippen molar-refractivity contribution in [2.24, 2.45) is 0 Å². The van der Waals surface area contributed by atoms with Crippen LogP contribution in [0.5, 0.6) is 11.5 Å². The topological polar surface area (TPSA) is 80.6 Å². The van der Waals surface area contributed by atoms with Crippen LogP contribution in [-0.2, 0) is 9.53 Å². The van der Waals surface area contributed by atoms with Gasteiger partial charge in [0.15, 0.2) is 17.5 Å². The van der Waals surface area contributed by atoms with E-state index in [0.717, 1.165) is 0 Å². The largest absolute Gasteiger partial charge is 0.493 e. The van der Waals surface area contributed by atoms with Crippen LogP contribution in [-0.4, -0.2) is 26.8 Å². The SMILES string of the molecule is CCOc1cc(C(Nc2ccc(C#N)cc2)C(=O)OC)ccc1OC. The number of anilines is 1. The Morgan fingerprint density at radius 2 is 1.88 bits per heavy atom. The second-order valence-electron chi connectivity index (χ2n) is 5.13. The summed E-state index contributed by atoms with van der Waals surface area (Å²) in [4.78, 5) is 12.3. The zero-order valence-electron chi connectivity index (χ0n) is 14.4. The molecule has 0 saturated carbocycles. The molecule has 0 fully saturated rings. The second kappa shape index (κ2) is 8.60. The minimum atomic E-state index is -0.719. The van der Waals surface area contributed by atoms with E-state index < -0.39 is 12.0 Å². The van der Waals surface area contributed by atoms with Crippen LogP contribution in [0.1, 0.15) is 24.1 Å². The number of nitriles is 1. The Bertz CT molecular complexity index is 766. The van der Waals surface area contributed by atoms with Gasteiger partial charge in [-0.25, -0.2) is 4.79 Å². The van der Waals surface area contributed by atoms with E-state index in [1.165, 1.54) is 7.11 Å². The van der Waals surface area contributed by atoms with Gasteiger partial charge in [-0.05, 0) is 48.9 Å². The van der Waals surface area contributed by atoms with E-state index in [4.69, 9.17) is 19.5 Å². The predicted octanol–water partition coefficient (Wildman–Crippen LogP) is 3.29. The van der Waals surface area contributed by atoms with Crippen LogP contribution in [0, 0.1) is 11.3 Å². The highest BCUT2D eigenvalue weighted by atomic mass is 16.5. The fourth-order valence-corrected chi connectivity index (χ4v) is 2.35. The third-order valence-electron chi connectivity index (χ3n) is 3.58. The summed E-state index contributed by atoms with van der Waals surface area (Å²) in [5.74, 6) is 0.711. The van der Waals surface area contributed by atoms with E-state index in [2.05, 4.69) is 11.4 Å². The van der Waals surface area contributed by atoms with Gasteiger partial charge in [-0.3, -0.25) is 0 Å². The lowest BCUT2D eigenvalue weighted by atomic mass is 10.1. The third kappa shape index (κ3) is 4.42. The molecular formula is C19H20N2O4. The Labute approximate surface area is 146 Å². The summed E-state index contributed by atoms with van der Waals surface area (Å²) < 4.78 is 15.8. The van der Waals surface area contributed by atoms with Crippen molar-refractivity contribution in [1.29, 1.82) is 5.26 Å². The van der Waals surface area contributed by atoms with Crippen molar-refractivity contribution in [3.8, 4) is 17.6 Å². The minimum absolute atomic E-state index is 0.433. The van der Waals surface area contributed by atoms with Crippen molar-refractivity contribution >= 4 is 11.7 Å². The summed E-state index contributed by atoms with van der Waals surface area (Å²) in [6.45, 7) is 2.35. The number of carbonyl (C=O) groups is 1. The molecule has 6 heteroatoms. The van der Waals surface area contributed by atoms with E-state index in [0.29, 0.717) is 34.9 Å². The molecule has 0 amide bonds. The van der Waals surface area contributed by atoms with Crippen molar-refractivity contribution in [3.63, 3.8) is 0 Å². The van der Waals surface area contributed by atoms with Crippen molar-refractivity contribution in [1.82, 2.24) is 0 Å². The summed E-state index contributed by atoms with van der Waals surface area (Å²) in [7, 11) is 2.90. The van der Waals surface area contributed by atoms with Crippen LogP contribution in [0.15, 0.2) is 42.5 Å². The zero-order chi connectivity index (χ0) is 18.2. The number of rotatable bonds is 7. The molecule has 130 valence electrons. The molecule has 0 spiro atoms. The van der Waals surface area contributed by atoms with Crippen LogP contribution in [0.2, 0.25) is 0 Å². The number of carbonyl (C=O) groups excluding carboxylic acids is 1. The maximum absolute atomic E-state index is 12.3. The summed E-state index contributed by atoms with van der Waals surface area (Å²) >= 11 is 0. The molecule has 0 radical (unpaired) electrons. The first kappa shape index (κ1) is 18.1. The minimum Gasteiger partial charge on any atom is -0.493 e. The van der Waals surface area contributed by atoms with Gasteiger partial charge in [0.25, 0.3) is 0 Å². The molecule has 1 atom stereocenters. The number of hydrogen-bond donors (Lipinski definition) is 1. The molecule has 1 N–H and O–H groups in total. The molecule has 1 unspecified atom stereocenters. The molecule has 25 heavy (non-hydrogen) atoms. The molecule has 2 aromatic carbocycles. The lowest BCUT2D eigenvalue weighted by molar-refractivity contribution is -0.141. The molecule has 0 aliphatic heterocycles. The highest BCUT2D eigenvalue weighted by Gasteiger charge is 2.23. The van der Waals surface area contributed by atoms with E-state index in [9.17, 15) is 4.79 Å². The first-order chi connectivity index (χ1) is 12.1. The summed E-state index contributed by atoms with van der Waals surface area (Å²) in [6.07, 6.45) is 0. The standard InChI is InChI=1S/C19H20N2O4/c1-4-25-17-11-14(7-10-16(17)23-2)18(19(22)24-3)21-15-8-5-13(12-20)6-9-15/h5-11,18,21H,4H2,1-3H3. The van der Waals surface area contributed by atoms with Crippen LogP contribution >= 0.6 is 0 Å². The van der Waals surface area contributed by atoms with Crippen molar-refractivity contribution in [2.75, 3.05) is 26.1 Å². The first-order valence-electron chi connectivity index (χ1n) is 7.78. The number of hydrogen-bond acceptors (Lipinski definition) is 6. The molecule has 0 aromatic heterocycles. The zero-order valence-corrected chi connectivity index (χ0v) is 14.4. The molecule has 0 bridgehead atoms. The average molecular weight is 340 g/mol. The van der Waals surface area contributed by atoms with Gasteiger partial charge in [-0.2, -0.15) is 5.26 Å². The molecular weight excluding hydrogens is 320 g/mol. The smallest absolute Gasteiger partial charge is 0.332 e. The lowest BCUT2D eigenvalue weighted by Gasteiger charge is -2.20. The van der Waals surface area contributed by atoms with Crippen LogP contribution < -0.4 is 14.8 Å². The molecule has 0 aliphatic rings. The van der Waals surface area contributed by atoms with Crippen LogP contribution in [0.25, 0.3) is 0 Å². The molecule has 2 rings (SSSR count). The molecule has 2 aromatic rings. The average Bonchev–Trinajstić information content (AvgIpc) is 2.66. The van der Waals surface area contributed by atoms with Crippen LogP contribution in [0.4, 0.5) is 5.69 Å². The van der Waals surface area contributed by atoms with Gasteiger partial charge in [-0.1, -0.05) is 6.07 Å². The normalized spacial score (nSPS) is 11.1. The number of nitrogens with one attached hydrogen (secondary N) is 1. The number of methoxy groups -OCH3 is 2. The Balaban J connectivity index is 2.35. The number of nitrogens with zero attached hydrogens (tertiary/aromatic N) is 1. The quantitative estimate of drug-likeness (QED) is 0.779. The van der Waals surface area contributed by atoms with Gasteiger partial charge in [0.05, 0.1) is 32.5 Å². The maximum Gasteiger partial charge on any atom is 0.332 e. The van der Waals surface area contributed by atoms with Gasteiger partial charge in [-0.15, -0.1) is 0 Å². The fraction of sp³-hybridized carbons (Fsp3) is 0.263. The summed E-state index contributed by atoms with van der Waals surface area (Å²) in [6, 6.07) is 13.4. The van der Waals surface area contributed by atoms with E-state index >= 15 is 0 Å². The fourth-order valence-electron chi connectivity index (χ4n) is 2.35. The maximum atomic E-state index is 12.3. The van der Waals surface area contributed by atoms with Crippen molar-refractivity contribution in [2.45, 2.75) is 13.0 Å². The molecule has 0 saturated heterocycles. The van der Waals surface area contributed by atoms with Crippen LogP contribution in [0.3, 0.4) is 0 Å². The summed E-state index contributed by atoms with van der Waals surface area (Å²) in [5.41, 5.74) is 1.92. The molecule has 6 nitrogen and oxygen atoms in total. The van der Waals surface area contributed by atoms with Gasteiger partial charge in [0.1, 0.15) is 0 Å². The van der Waals surface area contributed by atoms with Gasteiger partial charge < -0.3 is 19.5 Å². The Morgan fingerprint density at radius 1 is 1.16 bits per heavy atom. The monoisotopic (exact) mass is 340 g/mol.